The van der Waals surface area contributed by atoms with Crippen LogP contribution in [0.5, 0.6) is 5.75 Å². The highest BCUT2D eigenvalue weighted by molar-refractivity contribution is 6.35. The number of aryl methyl sites for hydroxylation is 1. The Morgan fingerprint density at radius 3 is 2.92 bits per heavy atom. The van der Waals surface area contributed by atoms with Gasteiger partial charge in [-0.1, -0.05) is 29.8 Å². The Hall–Kier alpha value is -2.53. The molecule has 3 rings (SSSR count). The summed E-state index contributed by atoms with van der Waals surface area (Å²) in [5, 5.41) is 8.91. The number of benzene rings is 2. The summed E-state index contributed by atoms with van der Waals surface area (Å²) >= 11 is 6.15. The molecule has 0 radical (unpaired) electrons. The molecule has 0 unspecified atom stereocenters. The molecule has 0 aliphatic heterocycles. The maximum atomic E-state index is 12.2. The Bertz CT molecular complexity index is 860. The van der Waals surface area contributed by atoms with Crippen LogP contribution < -0.4 is 10.1 Å². The van der Waals surface area contributed by atoms with E-state index in [0.29, 0.717) is 29.4 Å². The van der Waals surface area contributed by atoms with Gasteiger partial charge in [-0.05, 0) is 30.7 Å². The molecule has 0 fully saturated rings. The molecule has 24 heavy (non-hydrogen) atoms. The van der Waals surface area contributed by atoms with Gasteiger partial charge < -0.3 is 10.1 Å². The number of hydrogen-bond acceptors (Lipinski definition) is 3. The van der Waals surface area contributed by atoms with Crippen LogP contribution in [0.1, 0.15) is 16.8 Å². The molecule has 0 atom stereocenters. The lowest BCUT2D eigenvalue weighted by Crippen LogP contribution is -2.25. The SMILES string of the molecule is COc1ccccc1C(=O)NCCCn1ncc2c(Cl)cccc21. The number of fused-ring (bicyclic) bond motifs is 1. The molecule has 0 saturated heterocycles. The molecule has 5 nitrogen and oxygen atoms in total. The summed E-state index contributed by atoms with van der Waals surface area (Å²) in [6, 6.07) is 12.9. The second-order valence-electron chi connectivity index (χ2n) is 5.35. The van der Waals surface area contributed by atoms with Gasteiger partial charge >= 0.3 is 0 Å². The Balaban J connectivity index is 1.57. The van der Waals surface area contributed by atoms with Crippen LogP contribution in [0.4, 0.5) is 0 Å². The van der Waals surface area contributed by atoms with Gasteiger partial charge in [0.05, 0.1) is 29.4 Å². The van der Waals surface area contributed by atoms with Crippen LogP contribution in [0.3, 0.4) is 0 Å². The number of para-hydroxylation sites is 1. The number of ether oxygens (including phenoxy) is 1. The average Bonchev–Trinajstić information content (AvgIpc) is 3.03. The number of nitrogens with zero attached hydrogens (tertiary/aromatic N) is 2. The number of nitrogens with one attached hydrogen (secondary N) is 1. The average molecular weight is 344 g/mol. The maximum Gasteiger partial charge on any atom is 0.255 e. The number of carbonyl (C=O) groups excluding carboxylic acids is 1. The van der Waals surface area contributed by atoms with E-state index in [2.05, 4.69) is 10.4 Å². The quantitative estimate of drug-likeness (QED) is 0.697. The van der Waals surface area contributed by atoms with Crippen LogP contribution in [-0.4, -0.2) is 29.3 Å². The van der Waals surface area contributed by atoms with Crippen LogP contribution in [0.25, 0.3) is 10.9 Å². The van der Waals surface area contributed by atoms with Gasteiger partial charge in [0.25, 0.3) is 5.91 Å². The zero-order valence-electron chi connectivity index (χ0n) is 13.3. The third kappa shape index (κ3) is 3.36. The Morgan fingerprint density at radius 2 is 2.08 bits per heavy atom. The van der Waals surface area contributed by atoms with Crippen LogP contribution >= 0.6 is 11.6 Å². The summed E-state index contributed by atoms with van der Waals surface area (Å²) in [4.78, 5) is 12.2. The second-order valence-corrected chi connectivity index (χ2v) is 5.76. The van der Waals surface area contributed by atoms with E-state index in [1.165, 1.54) is 0 Å². The van der Waals surface area contributed by atoms with E-state index in [1.54, 1.807) is 25.4 Å². The van der Waals surface area contributed by atoms with E-state index in [9.17, 15) is 4.79 Å². The lowest BCUT2D eigenvalue weighted by Gasteiger charge is -2.09. The van der Waals surface area contributed by atoms with Crippen LogP contribution in [-0.2, 0) is 6.54 Å². The van der Waals surface area contributed by atoms with Crippen molar-refractivity contribution in [3.05, 3.63) is 59.2 Å². The Morgan fingerprint density at radius 1 is 1.25 bits per heavy atom. The zero-order valence-corrected chi connectivity index (χ0v) is 14.1. The number of carbonyl (C=O) groups is 1. The normalized spacial score (nSPS) is 10.8. The number of aromatic nitrogens is 2. The molecule has 1 aromatic heterocycles. The highest BCUT2D eigenvalue weighted by atomic mass is 35.5. The summed E-state index contributed by atoms with van der Waals surface area (Å²) in [6.07, 6.45) is 2.54. The van der Waals surface area contributed by atoms with Crippen molar-refractivity contribution in [2.75, 3.05) is 13.7 Å². The molecule has 6 heteroatoms. The van der Waals surface area contributed by atoms with Crippen molar-refractivity contribution in [3.8, 4) is 5.75 Å². The zero-order chi connectivity index (χ0) is 16.9. The van der Waals surface area contributed by atoms with Gasteiger partial charge in [-0.15, -0.1) is 0 Å². The smallest absolute Gasteiger partial charge is 0.255 e. The minimum Gasteiger partial charge on any atom is -0.496 e. The molecule has 0 aliphatic carbocycles. The third-order valence-electron chi connectivity index (χ3n) is 3.82. The minimum atomic E-state index is -0.138. The topological polar surface area (TPSA) is 56.1 Å². The summed E-state index contributed by atoms with van der Waals surface area (Å²) < 4.78 is 7.10. The van der Waals surface area contributed by atoms with E-state index >= 15 is 0 Å². The van der Waals surface area contributed by atoms with E-state index in [1.807, 2.05) is 35.0 Å². The fraction of sp³-hybridized carbons (Fsp3) is 0.222. The summed E-state index contributed by atoms with van der Waals surface area (Å²) in [5.41, 5.74) is 1.54. The molecule has 1 heterocycles. The van der Waals surface area contributed by atoms with Crippen molar-refractivity contribution >= 4 is 28.4 Å². The number of hydrogen-bond donors (Lipinski definition) is 1. The standard InChI is InChI=1S/C18H18ClN3O2/c1-24-17-9-3-2-6-13(17)18(23)20-10-5-11-22-16-8-4-7-15(19)14(16)12-21-22/h2-4,6-9,12H,5,10-11H2,1H3,(H,20,23). The molecule has 2 aromatic carbocycles. The summed E-state index contributed by atoms with van der Waals surface area (Å²) in [6.45, 7) is 1.26. The first-order valence-electron chi connectivity index (χ1n) is 7.72. The molecule has 1 N–H and O–H groups in total. The van der Waals surface area contributed by atoms with Gasteiger partial charge in [-0.3, -0.25) is 9.48 Å². The molecule has 0 spiro atoms. The van der Waals surface area contributed by atoms with Crippen LogP contribution in [0.15, 0.2) is 48.7 Å². The Kier molecular flexibility index (Phi) is 5.01. The molecule has 0 aliphatic rings. The highest BCUT2D eigenvalue weighted by Gasteiger charge is 2.10. The largest absolute Gasteiger partial charge is 0.496 e. The van der Waals surface area contributed by atoms with Gasteiger partial charge in [0, 0.05) is 18.5 Å². The van der Waals surface area contributed by atoms with E-state index in [0.717, 1.165) is 17.3 Å². The lowest BCUT2D eigenvalue weighted by atomic mass is 10.2. The molecule has 3 aromatic rings. The van der Waals surface area contributed by atoms with E-state index in [-0.39, 0.29) is 5.91 Å². The second kappa shape index (κ2) is 7.36. The van der Waals surface area contributed by atoms with Gasteiger partial charge in [0.2, 0.25) is 0 Å². The van der Waals surface area contributed by atoms with Crippen molar-refractivity contribution in [1.29, 1.82) is 0 Å². The molecule has 124 valence electrons. The first kappa shape index (κ1) is 16.3. The molecule has 0 bridgehead atoms. The van der Waals surface area contributed by atoms with Gasteiger partial charge in [0.1, 0.15) is 5.75 Å². The van der Waals surface area contributed by atoms with Gasteiger partial charge in [0.15, 0.2) is 0 Å². The first-order chi connectivity index (χ1) is 11.7. The van der Waals surface area contributed by atoms with Crippen LogP contribution in [0, 0.1) is 0 Å². The molecule has 1 amide bonds. The number of methoxy groups -OCH3 is 1. The Labute approximate surface area is 145 Å². The van der Waals surface area contributed by atoms with Crippen molar-refractivity contribution in [2.45, 2.75) is 13.0 Å². The summed E-state index contributed by atoms with van der Waals surface area (Å²) in [5.74, 6) is 0.434. The van der Waals surface area contributed by atoms with Crippen molar-refractivity contribution in [2.24, 2.45) is 0 Å². The van der Waals surface area contributed by atoms with E-state index < -0.39 is 0 Å². The predicted molar refractivity (Wildman–Crippen MR) is 94.7 cm³/mol. The number of halogens is 1. The minimum absolute atomic E-state index is 0.138. The van der Waals surface area contributed by atoms with Crippen molar-refractivity contribution in [1.82, 2.24) is 15.1 Å². The maximum absolute atomic E-state index is 12.2. The van der Waals surface area contributed by atoms with Gasteiger partial charge in [-0.25, -0.2) is 0 Å². The highest BCUT2D eigenvalue weighted by Crippen LogP contribution is 2.22. The van der Waals surface area contributed by atoms with E-state index in [4.69, 9.17) is 16.3 Å². The fourth-order valence-corrected chi connectivity index (χ4v) is 2.82. The predicted octanol–water partition coefficient (Wildman–Crippen LogP) is 3.52. The number of rotatable bonds is 6. The molecular weight excluding hydrogens is 326 g/mol. The number of amides is 1. The monoisotopic (exact) mass is 343 g/mol. The third-order valence-corrected chi connectivity index (χ3v) is 4.15. The van der Waals surface area contributed by atoms with Crippen LogP contribution in [0.2, 0.25) is 5.02 Å². The lowest BCUT2D eigenvalue weighted by molar-refractivity contribution is 0.0949. The first-order valence-corrected chi connectivity index (χ1v) is 8.10. The van der Waals surface area contributed by atoms with Crippen molar-refractivity contribution < 1.29 is 9.53 Å². The molecule has 0 saturated carbocycles. The molecular formula is C18H18ClN3O2. The van der Waals surface area contributed by atoms with Crippen molar-refractivity contribution in [3.63, 3.8) is 0 Å². The van der Waals surface area contributed by atoms with Gasteiger partial charge in [-0.2, -0.15) is 5.10 Å². The fourth-order valence-electron chi connectivity index (χ4n) is 2.60. The summed E-state index contributed by atoms with van der Waals surface area (Å²) in [7, 11) is 1.56.